The summed E-state index contributed by atoms with van der Waals surface area (Å²) in [7, 11) is 1.54. The van der Waals surface area contributed by atoms with E-state index >= 15 is 0 Å². The van der Waals surface area contributed by atoms with Crippen LogP contribution in [0.4, 0.5) is 0 Å². The maximum atomic E-state index is 9.56. The minimum absolute atomic E-state index is 0.470. The van der Waals surface area contributed by atoms with Crippen LogP contribution >= 0.6 is 11.3 Å². The molecule has 90 valence electrons. The SMILES string of the molecule is COc1ccc(-c2nc(C)c(C(C)O)s2)nn1. The molecule has 0 aromatic carbocycles. The van der Waals surface area contributed by atoms with Gasteiger partial charge in [0.25, 0.3) is 0 Å². The number of methoxy groups -OCH3 is 1. The first-order valence-corrected chi connectivity index (χ1v) is 5.97. The summed E-state index contributed by atoms with van der Waals surface area (Å²) >= 11 is 1.43. The van der Waals surface area contributed by atoms with Crippen LogP contribution in [0.2, 0.25) is 0 Å². The zero-order valence-electron chi connectivity index (χ0n) is 9.84. The van der Waals surface area contributed by atoms with Crippen molar-refractivity contribution in [2.45, 2.75) is 20.0 Å². The topological polar surface area (TPSA) is 68.1 Å². The molecule has 1 unspecified atom stereocenters. The third kappa shape index (κ3) is 2.42. The normalized spacial score (nSPS) is 12.5. The molecular weight excluding hydrogens is 238 g/mol. The first-order chi connectivity index (χ1) is 8.11. The molecular formula is C11H13N3O2S. The predicted molar refractivity (Wildman–Crippen MR) is 65.1 cm³/mol. The lowest BCUT2D eigenvalue weighted by molar-refractivity contribution is 0.202. The number of aromatic nitrogens is 3. The predicted octanol–water partition coefficient (Wildman–Crippen LogP) is 1.97. The zero-order valence-corrected chi connectivity index (χ0v) is 10.7. The van der Waals surface area contributed by atoms with Gasteiger partial charge in [-0.25, -0.2) is 4.98 Å². The van der Waals surface area contributed by atoms with Gasteiger partial charge in [-0.1, -0.05) is 0 Å². The first kappa shape index (κ1) is 11.9. The Morgan fingerprint density at radius 2 is 2.12 bits per heavy atom. The Balaban J connectivity index is 2.36. The summed E-state index contributed by atoms with van der Waals surface area (Å²) < 4.78 is 4.94. The molecule has 6 heteroatoms. The van der Waals surface area contributed by atoms with Gasteiger partial charge in [-0.3, -0.25) is 0 Å². The molecule has 0 aliphatic rings. The summed E-state index contributed by atoms with van der Waals surface area (Å²) in [4.78, 5) is 5.23. The number of aliphatic hydroxyl groups excluding tert-OH is 1. The molecule has 0 saturated carbocycles. The molecule has 2 aromatic rings. The molecule has 5 nitrogen and oxygen atoms in total. The van der Waals surface area contributed by atoms with Crippen molar-refractivity contribution in [3.05, 3.63) is 22.7 Å². The molecule has 0 bridgehead atoms. The van der Waals surface area contributed by atoms with E-state index in [1.807, 2.05) is 6.92 Å². The molecule has 0 fully saturated rings. The van der Waals surface area contributed by atoms with Crippen molar-refractivity contribution >= 4 is 11.3 Å². The lowest BCUT2D eigenvalue weighted by Crippen LogP contribution is -1.91. The van der Waals surface area contributed by atoms with Crippen molar-refractivity contribution in [1.82, 2.24) is 15.2 Å². The van der Waals surface area contributed by atoms with Gasteiger partial charge in [-0.05, 0) is 19.9 Å². The van der Waals surface area contributed by atoms with Crippen LogP contribution in [0.3, 0.4) is 0 Å². The molecule has 1 atom stereocenters. The van der Waals surface area contributed by atoms with Crippen molar-refractivity contribution < 1.29 is 9.84 Å². The van der Waals surface area contributed by atoms with Crippen LogP contribution in [-0.4, -0.2) is 27.4 Å². The van der Waals surface area contributed by atoms with Gasteiger partial charge in [0.05, 0.1) is 23.8 Å². The van der Waals surface area contributed by atoms with Crippen LogP contribution in [0, 0.1) is 6.92 Å². The Morgan fingerprint density at radius 1 is 1.35 bits per heavy atom. The second-order valence-corrected chi connectivity index (χ2v) is 4.64. The van der Waals surface area contributed by atoms with Gasteiger partial charge in [0.15, 0.2) is 0 Å². The number of ether oxygens (including phenoxy) is 1. The highest BCUT2D eigenvalue weighted by atomic mass is 32.1. The van der Waals surface area contributed by atoms with Crippen LogP contribution in [0.25, 0.3) is 10.7 Å². The van der Waals surface area contributed by atoms with Crippen LogP contribution in [-0.2, 0) is 0 Å². The lowest BCUT2D eigenvalue weighted by Gasteiger charge is -1.99. The third-order valence-corrected chi connectivity index (χ3v) is 3.63. The fourth-order valence-electron chi connectivity index (χ4n) is 1.45. The highest BCUT2D eigenvalue weighted by Gasteiger charge is 2.14. The standard InChI is InChI=1S/C11H13N3O2S/c1-6-10(7(2)15)17-11(12-6)8-4-5-9(16-3)14-13-8/h4-5,7,15H,1-3H3. The number of rotatable bonds is 3. The Kier molecular flexibility index (Phi) is 3.35. The van der Waals surface area contributed by atoms with Gasteiger partial charge in [-0.2, -0.15) is 0 Å². The second kappa shape index (κ2) is 4.77. The zero-order chi connectivity index (χ0) is 12.4. The molecule has 2 heterocycles. The Bertz CT molecular complexity index is 508. The fraction of sp³-hybridized carbons (Fsp3) is 0.364. The number of thiazole rings is 1. The molecule has 1 N–H and O–H groups in total. The van der Waals surface area contributed by atoms with Gasteiger partial charge >= 0.3 is 0 Å². The van der Waals surface area contributed by atoms with E-state index in [0.29, 0.717) is 11.6 Å². The van der Waals surface area contributed by atoms with Gasteiger partial charge in [0, 0.05) is 6.07 Å². The summed E-state index contributed by atoms with van der Waals surface area (Å²) in [5.41, 5.74) is 1.52. The van der Waals surface area contributed by atoms with Crippen LogP contribution in [0.15, 0.2) is 12.1 Å². The highest BCUT2D eigenvalue weighted by Crippen LogP contribution is 2.30. The molecule has 0 amide bonds. The molecule has 17 heavy (non-hydrogen) atoms. The van der Waals surface area contributed by atoms with E-state index in [-0.39, 0.29) is 0 Å². The third-order valence-electron chi connectivity index (χ3n) is 2.28. The second-order valence-electron chi connectivity index (χ2n) is 3.61. The smallest absolute Gasteiger partial charge is 0.233 e. The molecule has 0 saturated heterocycles. The van der Waals surface area contributed by atoms with E-state index < -0.39 is 6.10 Å². The van der Waals surface area contributed by atoms with E-state index in [0.717, 1.165) is 15.6 Å². The van der Waals surface area contributed by atoms with Crippen molar-refractivity contribution in [1.29, 1.82) is 0 Å². The average molecular weight is 251 g/mol. The molecule has 0 aliphatic heterocycles. The molecule has 2 rings (SSSR count). The molecule has 0 spiro atoms. The first-order valence-electron chi connectivity index (χ1n) is 5.15. The van der Waals surface area contributed by atoms with E-state index in [1.165, 1.54) is 11.3 Å². The Morgan fingerprint density at radius 3 is 2.59 bits per heavy atom. The molecule has 0 radical (unpaired) electrons. The average Bonchev–Trinajstić information content (AvgIpc) is 2.71. The number of hydrogen-bond acceptors (Lipinski definition) is 6. The largest absolute Gasteiger partial charge is 0.480 e. The van der Waals surface area contributed by atoms with Crippen molar-refractivity contribution in [3.8, 4) is 16.6 Å². The van der Waals surface area contributed by atoms with Gasteiger partial charge in [0.1, 0.15) is 10.7 Å². The highest BCUT2D eigenvalue weighted by molar-refractivity contribution is 7.15. The quantitative estimate of drug-likeness (QED) is 0.903. The van der Waals surface area contributed by atoms with Gasteiger partial charge < -0.3 is 9.84 Å². The molecule has 0 aliphatic carbocycles. The van der Waals surface area contributed by atoms with E-state index in [9.17, 15) is 5.11 Å². The van der Waals surface area contributed by atoms with Crippen LogP contribution < -0.4 is 4.74 Å². The Hall–Kier alpha value is -1.53. The Labute approximate surface area is 103 Å². The minimum Gasteiger partial charge on any atom is -0.480 e. The van der Waals surface area contributed by atoms with Gasteiger partial charge in [-0.15, -0.1) is 21.5 Å². The fourth-order valence-corrected chi connectivity index (χ4v) is 2.42. The number of aryl methyl sites for hydroxylation is 1. The number of nitrogens with zero attached hydrogens (tertiary/aromatic N) is 3. The van der Waals surface area contributed by atoms with Crippen molar-refractivity contribution in [2.75, 3.05) is 7.11 Å². The van der Waals surface area contributed by atoms with Crippen LogP contribution in [0.1, 0.15) is 23.6 Å². The van der Waals surface area contributed by atoms with Crippen LogP contribution in [0.5, 0.6) is 5.88 Å². The molecule has 2 aromatic heterocycles. The minimum atomic E-state index is -0.507. The maximum Gasteiger partial charge on any atom is 0.233 e. The van der Waals surface area contributed by atoms with Crippen molar-refractivity contribution in [3.63, 3.8) is 0 Å². The monoisotopic (exact) mass is 251 g/mol. The summed E-state index contributed by atoms with van der Waals surface area (Å²) in [6, 6.07) is 3.54. The maximum absolute atomic E-state index is 9.56. The van der Waals surface area contributed by atoms with E-state index in [4.69, 9.17) is 4.74 Å². The summed E-state index contributed by atoms with van der Waals surface area (Å²) in [5.74, 6) is 0.470. The number of hydrogen-bond donors (Lipinski definition) is 1. The number of aliphatic hydroxyl groups is 1. The summed E-state index contributed by atoms with van der Waals surface area (Å²) in [5, 5.41) is 18.2. The van der Waals surface area contributed by atoms with E-state index in [2.05, 4.69) is 15.2 Å². The lowest BCUT2D eigenvalue weighted by atomic mass is 10.3. The summed E-state index contributed by atoms with van der Waals surface area (Å²) in [6.07, 6.45) is -0.507. The van der Waals surface area contributed by atoms with Crippen molar-refractivity contribution in [2.24, 2.45) is 0 Å². The summed E-state index contributed by atoms with van der Waals surface area (Å²) in [6.45, 7) is 3.60. The van der Waals surface area contributed by atoms with Gasteiger partial charge in [0.2, 0.25) is 5.88 Å². The van der Waals surface area contributed by atoms with E-state index in [1.54, 1.807) is 26.2 Å².